The third-order valence-corrected chi connectivity index (χ3v) is 5.16. The first kappa shape index (κ1) is 19.1. The molecule has 1 aromatic carbocycles. The number of hydrogen-bond acceptors (Lipinski definition) is 4. The zero-order valence-corrected chi connectivity index (χ0v) is 16.8. The quantitative estimate of drug-likeness (QED) is 0.634. The van der Waals surface area contributed by atoms with E-state index < -0.39 is 26.1 Å². The van der Waals surface area contributed by atoms with E-state index in [1.54, 1.807) is 6.20 Å². The maximum atomic E-state index is 14.5. The smallest absolute Gasteiger partial charge is 0.310 e. The Balaban J connectivity index is 1.97. The van der Waals surface area contributed by atoms with E-state index in [1.807, 2.05) is 24.3 Å². The van der Waals surface area contributed by atoms with Crippen molar-refractivity contribution in [3.8, 4) is 17.2 Å². The van der Waals surface area contributed by atoms with Crippen LogP contribution in [0.3, 0.4) is 0 Å². The molecule has 0 bridgehead atoms. The largest absolute Gasteiger partial charge is 0.459 e. The summed E-state index contributed by atoms with van der Waals surface area (Å²) in [6, 6.07) is 7.26. The SMILES string of the molecule is CC1(c2cnn(-c3cccc(C#C[Si](C)(C)C)c3)c2)N=C(N)OCC1(F)F. The summed E-state index contributed by atoms with van der Waals surface area (Å²) >= 11 is 0. The number of halogens is 2. The first-order valence-electron chi connectivity index (χ1n) is 8.55. The lowest BCUT2D eigenvalue weighted by molar-refractivity contribution is -0.116. The van der Waals surface area contributed by atoms with E-state index in [4.69, 9.17) is 10.5 Å². The number of hydrogen-bond donors (Lipinski definition) is 1. The van der Waals surface area contributed by atoms with Gasteiger partial charge in [-0.15, -0.1) is 5.54 Å². The molecule has 0 amide bonds. The van der Waals surface area contributed by atoms with Gasteiger partial charge in [-0.3, -0.25) is 0 Å². The Morgan fingerprint density at radius 2 is 2.04 bits per heavy atom. The normalized spacial score (nSPS) is 21.6. The van der Waals surface area contributed by atoms with Gasteiger partial charge in [0.25, 0.3) is 6.02 Å². The summed E-state index contributed by atoms with van der Waals surface area (Å²) in [5.41, 5.74) is 8.86. The fourth-order valence-corrected chi connectivity index (χ4v) is 3.14. The second-order valence-electron chi connectivity index (χ2n) is 7.74. The Labute approximate surface area is 158 Å². The molecule has 2 aromatic rings. The van der Waals surface area contributed by atoms with Gasteiger partial charge in [0, 0.05) is 17.3 Å². The molecule has 0 saturated heterocycles. The van der Waals surface area contributed by atoms with Crippen molar-refractivity contribution in [2.75, 3.05) is 6.61 Å². The lowest BCUT2D eigenvalue weighted by atomic mass is 9.88. The van der Waals surface area contributed by atoms with Gasteiger partial charge in [0.05, 0.1) is 11.9 Å². The number of nitrogens with two attached hydrogens (primary N) is 1. The van der Waals surface area contributed by atoms with Gasteiger partial charge in [-0.25, -0.2) is 9.67 Å². The molecular formula is C19H22F2N4OSi. The van der Waals surface area contributed by atoms with Gasteiger partial charge in [-0.1, -0.05) is 31.6 Å². The number of alkyl halides is 2. The van der Waals surface area contributed by atoms with Crippen LogP contribution in [-0.2, 0) is 10.3 Å². The fraction of sp³-hybridized carbons (Fsp3) is 0.368. The molecule has 1 unspecified atom stereocenters. The average molecular weight is 388 g/mol. The first-order chi connectivity index (χ1) is 12.5. The molecule has 5 nitrogen and oxygen atoms in total. The minimum Gasteiger partial charge on any atom is -0.459 e. The maximum absolute atomic E-state index is 14.5. The predicted octanol–water partition coefficient (Wildman–Crippen LogP) is 3.30. The molecule has 0 spiro atoms. The molecule has 0 aliphatic carbocycles. The lowest BCUT2D eigenvalue weighted by Crippen LogP contribution is -2.50. The van der Waals surface area contributed by atoms with Crippen molar-refractivity contribution in [2.24, 2.45) is 10.7 Å². The minimum absolute atomic E-state index is 0.250. The van der Waals surface area contributed by atoms with Crippen LogP contribution in [0.2, 0.25) is 19.6 Å². The van der Waals surface area contributed by atoms with Crippen molar-refractivity contribution in [3.05, 3.63) is 47.8 Å². The molecular weight excluding hydrogens is 366 g/mol. The molecule has 1 atom stereocenters. The highest BCUT2D eigenvalue weighted by Gasteiger charge is 2.55. The second-order valence-corrected chi connectivity index (χ2v) is 12.5. The zero-order chi connectivity index (χ0) is 19.9. The van der Waals surface area contributed by atoms with E-state index in [0.717, 1.165) is 11.3 Å². The summed E-state index contributed by atoms with van der Waals surface area (Å²) in [6.45, 7) is 7.03. The van der Waals surface area contributed by atoms with Crippen LogP contribution >= 0.6 is 0 Å². The number of nitrogens with zero attached hydrogens (tertiary/aromatic N) is 3. The highest BCUT2D eigenvalue weighted by molar-refractivity contribution is 6.83. The number of benzene rings is 1. The van der Waals surface area contributed by atoms with Crippen molar-refractivity contribution in [1.29, 1.82) is 0 Å². The van der Waals surface area contributed by atoms with Gasteiger partial charge >= 0.3 is 5.92 Å². The molecule has 3 rings (SSSR count). The highest BCUT2D eigenvalue weighted by Crippen LogP contribution is 2.43. The number of rotatable bonds is 2. The number of amidine groups is 1. The number of aromatic nitrogens is 2. The topological polar surface area (TPSA) is 65.4 Å². The van der Waals surface area contributed by atoms with E-state index in [2.05, 4.69) is 41.2 Å². The van der Waals surface area contributed by atoms with Crippen molar-refractivity contribution in [2.45, 2.75) is 38.0 Å². The van der Waals surface area contributed by atoms with Crippen LogP contribution in [0.5, 0.6) is 0 Å². The van der Waals surface area contributed by atoms with Crippen LogP contribution in [-0.4, -0.2) is 36.4 Å². The third kappa shape index (κ3) is 3.88. The van der Waals surface area contributed by atoms with E-state index in [-0.39, 0.29) is 11.6 Å². The van der Waals surface area contributed by atoms with Gasteiger partial charge in [0.15, 0.2) is 12.1 Å². The minimum atomic E-state index is -3.20. The molecule has 0 saturated carbocycles. The summed E-state index contributed by atoms with van der Waals surface area (Å²) < 4.78 is 35.2. The Morgan fingerprint density at radius 3 is 2.74 bits per heavy atom. The highest BCUT2D eigenvalue weighted by atomic mass is 28.3. The molecule has 142 valence electrons. The van der Waals surface area contributed by atoms with E-state index >= 15 is 0 Å². The summed E-state index contributed by atoms with van der Waals surface area (Å²) in [5, 5.41) is 4.24. The molecule has 1 aliphatic rings. The monoisotopic (exact) mass is 388 g/mol. The Hall–Kier alpha value is -2.66. The Morgan fingerprint density at radius 1 is 1.30 bits per heavy atom. The van der Waals surface area contributed by atoms with Crippen LogP contribution in [0.1, 0.15) is 18.1 Å². The van der Waals surface area contributed by atoms with Crippen molar-refractivity contribution in [3.63, 3.8) is 0 Å². The van der Waals surface area contributed by atoms with Gasteiger partial charge in [0.2, 0.25) is 0 Å². The van der Waals surface area contributed by atoms with Crippen LogP contribution < -0.4 is 5.73 Å². The molecule has 1 aliphatic heterocycles. The predicted molar refractivity (Wildman–Crippen MR) is 104 cm³/mol. The molecule has 8 heteroatoms. The van der Waals surface area contributed by atoms with Gasteiger partial charge in [0.1, 0.15) is 8.07 Å². The average Bonchev–Trinajstić information content (AvgIpc) is 3.07. The van der Waals surface area contributed by atoms with Crippen LogP contribution in [0.25, 0.3) is 5.69 Å². The lowest BCUT2D eigenvalue weighted by Gasteiger charge is -2.36. The Bertz CT molecular complexity index is 952. The standard InChI is InChI=1S/C19H22F2N4OSi/c1-18(19(20,21)13-26-17(22)24-18)15-11-23-25(12-15)16-7-5-6-14(10-16)8-9-27(2,3)4/h5-7,10-12H,13H2,1-4H3,(H2,22,24). The summed E-state index contributed by atoms with van der Waals surface area (Å²) in [6.07, 6.45) is 2.93. The molecule has 27 heavy (non-hydrogen) atoms. The van der Waals surface area contributed by atoms with Gasteiger partial charge in [-0.05, 0) is 25.1 Å². The van der Waals surface area contributed by atoms with Crippen molar-refractivity contribution in [1.82, 2.24) is 9.78 Å². The van der Waals surface area contributed by atoms with E-state index in [0.29, 0.717) is 0 Å². The molecule has 0 fully saturated rings. The summed E-state index contributed by atoms with van der Waals surface area (Å²) in [4.78, 5) is 3.87. The zero-order valence-electron chi connectivity index (χ0n) is 15.8. The Kier molecular flexibility index (Phi) is 4.60. The van der Waals surface area contributed by atoms with Gasteiger partial charge < -0.3 is 10.5 Å². The van der Waals surface area contributed by atoms with Crippen molar-refractivity contribution >= 4 is 14.1 Å². The van der Waals surface area contributed by atoms with Crippen LogP contribution in [0.4, 0.5) is 8.78 Å². The molecule has 2 N–H and O–H groups in total. The molecule has 1 aromatic heterocycles. The summed E-state index contributed by atoms with van der Waals surface area (Å²) in [5.74, 6) is -0.0130. The third-order valence-electron chi connectivity index (χ3n) is 4.28. The van der Waals surface area contributed by atoms with Crippen molar-refractivity contribution < 1.29 is 13.5 Å². The van der Waals surface area contributed by atoms with E-state index in [9.17, 15) is 8.78 Å². The van der Waals surface area contributed by atoms with Crippen LogP contribution in [0, 0.1) is 11.5 Å². The first-order valence-corrected chi connectivity index (χ1v) is 12.0. The fourth-order valence-electron chi connectivity index (χ4n) is 2.62. The second kappa shape index (κ2) is 6.50. The number of ether oxygens (including phenoxy) is 1. The molecule has 0 radical (unpaired) electrons. The van der Waals surface area contributed by atoms with Gasteiger partial charge in [-0.2, -0.15) is 13.9 Å². The maximum Gasteiger partial charge on any atom is 0.310 e. The van der Waals surface area contributed by atoms with Crippen LogP contribution in [0.15, 0.2) is 41.7 Å². The van der Waals surface area contributed by atoms with E-state index in [1.165, 1.54) is 17.8 Å². The number of aliphatic imine (C=N–C) groups is 1. The summed E-state index contributed by atoms with van der Waals surface area (Å²) in [7, 11) is -1.49. The molecule has 2 heterocycles.